The van der Waals surface area contributed by atoms with E-state index in [1.54, 1.807) is 0 Å². The van der Waals surface area contributed by atoms with Crippen molar-refractivity contribution in [2.45, 2.75) is 0 Å². The van der Waals surface area contributed by atoms with Gasteiger partial charge >= 0.3 is 0 Å². The maximum absolute atomic E-state index is 4.26. The van der Waals surface area contributed by atoms with Crippen LogP contribution in [-0.4, -0.2) is 10.0 Å². The Morgan fingerprint density at radius 2 is 1.00 bits per heavy atom. The van der Waals surface area contributed by atoms with Gasteiger partial charge in [0.25, 0.3) is 0 Å². The van der Waals surface area contributed by atoms with Gasteiger partial charge in [-0.1, -0.05) is 0 Å². The summed E-state index contributed by atoms with van der Waals surface area (Å²) < 4.78 is 0. The molecular weight excluding hydrogens is 136 g/mol. The lowest BCUT2D eigenvalue weighted by atomic mass is 10.7. The van der Waals surface area contributed by atoms with Gasteiger partial charge in [-0.2, -0.15) is 0 Å². The van der Waals surface area contributed by atoms with E-state index in [9.17, 15) is 0 Å². The zero-order valence-corrected chi connectivity index (χ0v) is 5.45. The average molecular weight is 136 g/mol. The predicted molar refractivity (Wildman–Crippen MR) is 39.2 cm³/mol. The molecule has 2 heteroatoms. The third kappa shape index (κ3) is 5.12. The monoisotopic (exact) mass is 136 g/mol. The molecular formula is C6S2. The molecule has 0 aromatic rings. The van der Waals surface area contributed by atoms with Crippen molar-refractivity contribution >= 4 is 34.5 Å². The third-order valence-corrected chi connectivity index (χ3v) is 0.494. The molecule has 0 unspecified atom stereocenters. The van der Waals surface area contributed by atoms with Crippen molar-refractivity contribution in [2.75, 3.05) is 0 Å². The van der Waals surface area contributed by atoms with Crippen molar-refractivity contribution in [1.82, 2.24) is 0 Å². The molecule has 0 fully saturated rings. The van der Waals surface area contributed by atoms with Crippen LogP contribution in [-0.2, 0) is 0 Å². The van der Waals surface area contributed by atoms with Crippen LogP contribution in [0.3, 0.4) is 0 Å². The SMILES string of the molecule is S=C=C=C=C=C=C=S. The van der Waals surface area contributed by atoms with Crippen LogP contribution in [0.2, 0.25) is 0 Å². The van der Waals surface area contributed by atoms with E-state index in [1.807, 2.05) is 0 Å². The number of rotatable bonds is 0. The summed E-state index contributed by atoms with van der Waals surface area (Å²) in [5.41, 5.74) is 9.44. The van der Waals surface area contributed by atoms with E-state index in [4.69, 9.17) is 0 Å². The topological polar surface area (TPSA) is 0 Å². The van der Waals surface area contributed by atoms with E-state index in [1.165, 1.54) is 0 Å². The zero-order chi connectivity index (χ0) is 6.24. The Bertz CT molecular complexity index is 236. The number of thiocarbonyl (C=S) groups is 2. The maximum Gasteiger partial charge on any atom is 0.0148 e. The highest BCUT2D eigenvalue weighted by molar-refractivity contribution is 7.78. The molecule has 0 atom stereocenters. The first-order chi connectivity index (χ1) is 3.91. The van der Waals surface area contributed by atoms with E-state index >= 15 is 0 Å². The van der Waals surface area contributed by atoms with E-state index in [2.05, 4.69) is 57.4 Å². The summed E-state index contributed by atoms with van der Waals surface area (Å²) in [6, 6.07) is 0. The van der Waals surface area contributed by atoms with Gasteiger partial charge in [-0.05, 0) is 24.4 Å². The summed E-state index contributed by atoms with van der Waals surface area (Å²) in [6.07, 6.45) is 0. The molecule has 0 radical (unpaired) electrons. The lowest BCUT2D eigenvalue weighted by molar-refractivity contribution is 2.31. The van der Waals surface area contributed by atoms with Crippen LogP contribution in [0.4, 0.5) is 0 Å². The quantitative estimate of drug-likeness (QED) is 0.364. The summed E-state index contributed by atoms with van der Waals surface area (Å²) in [7, 11) is 0. The van der Waals surface area contributed by atoms with Crippen molar-refractivity contribution in [3.05, 3.63) is 22.9 Å². The molecule has 0 bridgehead atoms. The summed E-state index contributed by atoms with van der Waals surface area (Å²) in [5, 5.41) is 4.37. The molecule has 0 heterocycles. The first-order valence-electron chi connectivity index (χ1n) is 1.66. The Balaban J connectivity index is 5.06. The largest absolute Gasteiger partial charge is 0.0176 e. The van der Waals surface area contributed by atoms with Crippen molar-refractivity contribution in [2.24, 2.45) is 0 Å². The molecule has 8 heavy (non-hydrogen) atoms. The van der Waals surface area contributed by atoms with Gasteiger partial charge in [0.15, 0.2) is 0 Å². The molecule has 0 rings (SSSR count). The molecule has 0 saturated heterocycles. The van der Waals surface area contributed by atoms with Crippen LogP contribution in [0.15, 0.2) is 22.9 Å². The van der Waals surface area contributed by atoms with Crippen molar-refractivity contribution in [3.8, 4) is 0 Å². The fourth-order valence-corrected chi connectivity index (χ4v) is 0.216. The van der Waals surface area contributed by atoms with Crippen molar-refractivity contribution < 1.29 is 0 Å². The van der Waals surface area contributed by atoms with Crippen molar-refractivity contribution in [3.63, 3.8) is 0 Å². The Labute approximate surface area is 57.8 Å². The predicted octanol–water partition coefficient (Wildman–Crippen LogP) is 1.36. The summed E-state index contributed by atoms with van der Waals surface area (Å²) in [6.45, 7) is 0. The van der Waals surface area contributed by atoms with Gasteiger partial charge in [-0.15, -0.1) is 0 Å². The highest BCUT2D eigenvalue weighted by Gasteiger charge is 1.34. The van der Waals surface area contributed by atoms with Crippen LogP contribution in [0.1, 0.15) is 0 Å². The van der Waals surface area contributed by atoms with E-state index in [-0.39, 0.29) is 0 Å². The minimum atomic E-state index is 2.18. The lowest BCUT2D eigenvalue weighted by Gasteiger charge is -1.33. The molecule has 0 N–H and O–H groups in total. The van der Waals surface area contributed by atoms with Gasteiger partial charge in [-0.3, -0.25) is 0 Å². The minimum Gasteiger partial charge on any atom is -0.0176 e. The van der Waals surface area contributed by atoms with Gasteiger partial charge in [-0.25, -0.2) is 0 Å². The van der Waals surface area contributed by atoms with Gasteiger partial charge < -0.3 is 0 Å². The summed E-state index contributed by atoms with van der Waals surface area (Å²) in [4.78, 5) is 0. The minimum absolute atomic E-state index is 2.18. The number of hydrogen-bond donors (Lipinski definition) is 0. The molecule has 36 valence electrons. The average Bonchev–Trinajstić information content (AvgIpc) is 1.81. The molecule has 0 spiro atoms. The van der Waals surface area contributed by atoms with Crippen LogP contribution in [0.5, 0.6) is 0 Å². The van der Waals surface area contributed by atoms with Gasteiger partial charge in [0.1, 0.15) is 0 Å². The first-order valence-corrected chi connectivity index (χ1v) is 2.47. The molecule has 0 amide bonds. The molecule has 0 aromatic heterocycles. The molecule has 0 saturated carbocycles. The Morgan fingerprint density at radius 3 is 1.25 bits per heavy atom. The second-order valence-electron chi connectivity index (χ2n) is 0.704. The Morgan fingerprint density at radius 1 is 0.625 bits per heavy atom. The first kappa shape index (κ1) is 7.12. The van der Waals surface area contributed by atoms with Crippen LogP contribution in [0.25, 0.3) is 0 Å². The van der Waals surface area contributed by atoms with Crippen molar-refractivity contribution in [1.29, 1.82) is 0 Å². The molecule has 0 aliphatic rings. The summed E-state index contributed by atoms with van der Waals surface area (Å²) in [5.74, 6) is 0. The Hall–Kier alpha value is -0.880. The Kier molecular flexibility index (Phi) is 5.45. The number of hydrogen-bond acceptors (Lipinski definition) is 2. The van der Waals surface area contributed by atoms with Gasteiger partial charge in [0.2, 0.25) is 0 Å². The molecule has 0 aromatic carbocycles. The summed E-state index contributed by atoms with van der Waals surface area (Å²) >= 11 is 8.53. The highest BCUT2D eigenvalue weighted by Crippen LogP contribution is 1.46. The van der Waals surface area contributed by atoms with Crippen LogP contribution in [0, 0.1) is 0 Å². The van der Waals surface area contributed by atoms with E-state index < -0.39 is 0 Å². The highest BCUT2D eigenvalue weighted by atomic mass is 32.1. The maximum atomic E-state index is 4.26. The van der Waals surface area contributed by atoms with E-state index in [0.29, 0.717) is 0 Å². The van der Waals surface area contributed by atoms with Crippen LogP contribution >= 0.6 is 24.4 Å². The fourth-order valence-electron chi connectivity index (χ4n) is 0.114. The molecule has 0 nitrogen and oxygen atoms in total. The second kappa shape index (κ2) is 6.12. The normalized spacial score (nSPS) is 3.50. The smallest absolute Gasteiger partial charge is 0.0148 e. The standard InChI is InChI=1S/C6S2/c7-5-3-1-2-4-6-8. The van der Waals surface area contributed by atoms with Gasteiger partial charge in [0.05, 0.1) is 0 Å². The zero-order valence-electron chi connectivity index (χ0n) is 3.82. The third-order valence-electron chi connectivity index (χ3n) is 0.290. The van der Waals surface area contributed by atoms with E-state index in [0.717, 1.165) is 0 Å². The molecule has 0 aliphatic carbocycles. The van der Waals surface area contributed by atoms with Crippen LogP contribution < -0.4 is 0 Å². The molecule has 0 aliphatic heterocycles. The fraction of sp³-hybridized carbons (Fsp3) is 0. The second-order valence-corrected chi connectivity index (χ2v) is 1.11. The van der Waals surface area contributed by atoms with Gasteiger partial charge in [0, 0.05) is 33.0 Å². The lowest BCUT2D eigenvalue weighted by Crippen LogP contribution is -1.25.